The maximum Gasteiger partial charge on any atom is 0.243 e. The SMILES string of the molecule is CCc1nc2n(n1)CC(NC(=NCC(=O)N(C)C)NCCc1ccc(OC)cc1)CC2.I. The van der Waals surface area contributed by atoms with Crippen LogP contribution in [0.25, 0.3) is 0 Å². The van der Waals surface area contributed by atoms with Crippen molar-refractivity contribution in [3.05, 3.63) is 41.5 Å². The second kappa shape index (κ2) is 12.6. The van der Waals surface area contributed by atoms with E-state index in [9.17, 15) is 4.79 Å². The Kier molecular flexibility index (Phi) is 10.2. The zero-order chi connectivity index (χ0) is 22.2. The van der Waals surface area contributed by atoms with Crippen LogP contribution in [0.4, 0.5) is 0 Å². The van der Waals surface area contributed by atoms with Crippen molar-refractivity contribution in [2.45, 2.75) is 45.2 Å². The monoisotopic (exact) mass is 555 g/mol. The number of likely N-dealkylation sites (N-methyl/N-ethyl adjacent to an activating group) is 1. The maximum absolute atomic E-state index is 12.0. The van der Waals surface area contributed by atoms with Gasteiger partial charge in [0.25, 0.3) is 0 Å². The van der Waals surface area contributed by atoms with E-state index in [0.29, 0.717) is 12.5 Å². The first-order valence-electron chi connectivity index (χ1n) is 10.8. The van der Waals surface area contributed by atoms with Gasteiger partial charge in [0.05, 0.1) is 13.7 Å². The van der Waals surface area contributed by atoms with Crippen LogP contribution in [0, 0.1) is 0 Å². The lowest BCUT2D eigenvalue weighted by Gasteiger charge is -2.25. The van der Waals surface area contributed by atoms with Gasteiger partial charge in [0, 0.05) is 39.5 Å². The molecule has 0 radical (unpaired) electrons. The van der Waals surface area contributed by atoms with Crippen LogP contribution in [0.3, 0.4) is 0 Å². The smallest absolute Gasteiger partial charge is 0.243 e. The van der Waals surface area contributed by atoms with Gasteiger partial charge in [-0.25, -0.2) is 14.7 Å². The summed E-state index contributed by atoms with van der Waals surface area (Å²) in [6.07, 6.45) is 3.50. The van der Waals surface area contributed by atoms with Gasteiger partial charge in [0.1, 0.15) is 18.1 Å². The Morgan fingerprint density at radius 3 is 2.72 bits per heavy atom. The number of benzene rings is 1. The molecule has 1 aromatic carbocycles. The Hall–Kier alpha value is -2.37. The fourth-order valence-electron chi connectivity index (χ4n) is 3.38. The number of hydrogen-bond donors (Lipinski definition) is 2. The molecular weight excluding hydrogens is 521 g/mol. The van der Waals surface area contributed by atoms with Crippen molar-refractivity contribution in [3.63, 3.8) is 0 Å². The Labute approximate surface area is 207 Å². The van der Waals surface area contributed by atoms with Gasteiger partial charge in [-0.2, -0.15) is 5.10 Å². The van der Waals surface area contributed by atoms with E-state index < -0.39 is 0 Å². The van der Waals surface area contributed by atoms with Gasteiger partial charge in [0.2, 0.25) is 5.91 Å². The number of fused-ring (bicyclic) bond motifs is 1. The molecule has 9 nitrogen and oxygen atoms in total. The highest BCUT2D eigenvalue weighted by Gasteiger charge is 2.22. The highest BCUT2D eigenvalue weighted by molar-refractivity contribution is 14.0. The van der Waals surface area contributed by atoms with Crippen molar-refractivity contribution in [2.75, 3.05) is 34.3 Å². The summed E-state index contributed by atoms with van der Waals surface area (Å²) in [5, 5.41) is 11.4. The number of ether oxygens (including phenoxy) is 1. The third kappa shape index (κ3) is 7.35. The average molecular weight is 555 g/mol. The number of aliphatic imine (C=N–C) groups is 1. The molecule has 0 aliphatic carbocycles. The number of rotatable bonds is 8. The second-order valence-corrected chi connectivity index (χ2v) is 7.84. The highest BCUT2D eigenvalue weighted by Crippen LogP contribution is 2.14. The first-order valence-corrected chi connectivity index (χ1v) is 10.8. The van der Waals surface area contributed by atoms with Crippen LogP contribution in [0.1, 0.15) is 30.6 Å². The van der Waals surface area contributed by atoms with Crippen molar-refractivity contribution < 1.29 is 9.53 Å². The molecule has 176 valence electrons. The van der Waals surface area contributed by atoms with Crippen LogP contribution in [-0.4, -0.2) is 71.9 Å². The summed E-state index contributed by atoms with van der Waals surface area (Å²) < 4.78 is 7.20. The lowest BCUT2D eigenvalue weighted by Crippen LogP contribution is -2.48. The number of nitrogens with one attached hydrogen (secondary N) is 2. The molecule has 0 bridgehead atoms. The number of aromatic nitrogens is 3. The lowest BCUT2D eigenvalue weighted by atomic mass is 10.1. The van der Waals surface area contributed by atoms with Crippen LogP contribution < -0.4 is 15.4 Å². The van der Waals surface area contributed by atoms with Gasteiger partial charge >= 0.3 is 0 Å². The van der Waals surface area contributed by atoms with Crippen LogP contribution in [0.2, 0.25) is 0 Å². The number of guanidine groups is 1. The van der Waals surface area contributed by atoms with Crippen LogP contribution in [-0.2, 0) is 30.6 Å². The lowest BCUT2D eigenvalue weighted by molar-refractivity contribution is -0.127. The third-order valence-corrected chi connectivity index (χ3v) is 5.30. The Balaban J connectivity index is 0.00000363. The second-order valence-electron chi connectivity index (χ2n) is 7.84. The quantitative estimate of drug-likeness (QED) is 0.292. The molecule has 2 aromatic rings. The van der Waals surface area contributed by atoms with Crippen LogP contribution >= 0.6 is 24.0 Å². The summed E-state index contributed by atoms with van der Waals surface area (Å²) in [5.74, 6) is 3.39. The highest BCUT2D eigenvalue weighted by atomic mass is 127. The fraction of sp³-hybridized carbons (Fsp3) is 0.545. The topological polar surface area (TPSA) is 96.7 Å². The Bertz CT molecular complexity index is 896. The van der Waals surface area contributed by atoms with Crippen LogP contribution in [0.5, 0.6) is 5.75 Å². The molecule has 10 heteroatoms. The van der Waals surface area contributed by atoms with Gasteiger partial charge in [-0.15, -0.1) is 24.0 Å². The molecule has 2 N–H and O–H groups in total. The first-order chi connectivity index (χ1) is 15.0. The van der Waals surface area contributed by atoms with Gasteiger partial charge in [-0.1, -0.05) is 19.1 Å². The number of carbonyl (C=O) groups is 1. The minimum absolute atomic E-state index is 0. The molecular formula is C22H34IN7O2. The third-order valence-electron chi connectivity index (χ3n) is 5.30. The van der Waals surface area contributed by atoms with E-state index >= 15 is 0 Å². The van der Waals surface area contributed by atoms with E-state index in [0.717, 1.165) is 49.6 Å². The zero-order valence-electron chi connectivity index (χ0n) is 19.3. The number of hydrogen-bond acceptors (Lipinski definition) is 5. The normalized spacial score (nSPS) is 15.4. The predicted molar refractivity (Wildman–Crippen MR) is 136 cm³/mol. The standard InChI is InChI=1S/C22H33N7O2.HI/c1-5-19-26-20-11-8-17(15-29(20)27-19)25-22(24-14-21(30)28(2)3)23-13-12-16-6-9-18(31-4)10-7-16;/h6-7,9-10,17H,5,8,11-15H2,1-4H3,(H2,23,24,25);1H. The van der Waals surface area contributed by atoms with Crippen LogP contribution in [0.15, 0.2) is 29.3 Å². The molecule has 0 spiro atoms. The maximum atomic E-state index is 12.0. The molecule has 2 heterocycles. The Morgan fingerprint density at radius 2 is 2.06 bits per heavy atom. The molecule has 0 fully saturated rings. The number of halogens is 1. The van der Waals surface area contributed by atoms with Gasteiger partial charge < -0.3 is 20.3 Å². The van der Waals surface area contributed by atoms with E-state index in [4.69, 9.17) is 4.74 Å². The van der Waals surface area contributed by atoms with E-state index in [1.807, 2.05) is 16.8 Å². The molecule has 1 unspecified atom stereocenters. The summed E-state index contributed by atoms with van der Waals surface area (Å²) in [6, 6.07) is 8.21. The van der Waals surface area contributed by atoms with Crippen molar-refractivity contribution in [3.8, 4) is 5.75 Å². The molecule has 1 aliphatic heterocycles. The van der Waals surface area contributed by atoms with Crippen molar-refractivity contribution >= 4 is 35.8 Å². The molecule has 1 atom stereocenters. The first kappa shape index (κ1) is 25.9. The number of amides is 1. The van der Waals surface area contributed by atoms with Gasteiger partial charge in [-0.3, -0.25) is 4.79 Å². The van der Waals surface area contributed by atoms with E-state index in [-0.39, 0.29) is 42.5 Å². The summed E-state index contributed by atoms with van der Waals surface area (Å²) in [4.78, 5) is 22.7. The largest absolute Gasteiger partial charge is 0.497 e. The minimum Gasteiger partial charge on any atom is -0.497 e. The number of aryl methyl sites for hydroxylation is 2. The van der Waals surface area contributed by atoms with E-state index in [1.54, 1.807) is 26.1 Å². The summed E-state index contributed by atoms with van der Waals surface area (Å²) in [6.45, 7) is 3.61. The van der Waals surface area contributed by atoms with E-state index in [2.05, 4.69) is 44.8 Å². The molecule has 1 amide bonds. The predicted octanol–water partition coefficient (Wildman–Crippen LogP) is 1.65. The van der Waals surface area contributed by atoms with Crippen molar-refractivity contribution in [2.24, 2.45) is 4.99 Å². The molecule has 0 saturated carbocycles. The van der Waals surface area contributed by atoms with Gasteiger partial charge in [-0.05, 0) is 30.5 Å². The fourth-order valence-corrected chi connectivity index (χ4v) is 3.38. The van der Waals surface area contributed by atoms with Gasteiger partial charge in [0.15, 0.2) is 11.8 Å². The molecule has 0 saturated heterocycles. The zero-order valence-corrected chi connectivity index (χ0v) is 21.6. The summed E-state index contributed by atoms with van der Waals surface area (Å²) in [5.41, 5.74) is 1.20. The van der Waals surface area contributed by atoms with Crippen molar-refractivity contribution in [1.82, 2.24) is 30.3 Å². The number of carbonyl (C=O) groups excluding carboxylic acids is 1. The molecule has 1 aromatic heterocycles. The van der Waals surface area contributed by atoms with E-state index in [1.165, 1.54) is 5.56 Å². The minimum atomic E-state index is -0.0361. The number of nitrogens with zero attached hydrogens (tertiary/aromatic N) is 5. The number of methoxy groups -OCH3 is 1. The van der Waals surface area contributed by atoms with Crippen molar-refractivity contribution in [1.29, 1.82) is 0 Å². The molecule has 32 heavy (non-hydrogen) atoms. The summed E-state index contributed by atoms with van der Waals surface area (Å²) in [7, 11) is 5.14. The molecule has 1 aliphatic rings. The summed E-state index contributed by atoms with van der Waals surface area (Å²) >= 11 is 0. The Morgan fingerprint density at radius 1 is 1.31 bits per heavy atom. The molecule has 3 rings (SSSR count). The average Bonchev–Trinajstić information content (AvgIpc) is 3.20.